The summed E-state index contributed by atoms with van der Waals surface area (Å²) in [6, 6.07) is 0. The standard InChI is InChI=1S/C7H12O2.C3H8O3/c1-3-5-6-9-7(8)4-2;4-1-3(6)2-5/h4H,2-3,5-6H2,1H3;3-6H,1-2H2. The van der Waals surface area contributed by atoms with Gasteiger partial charge in [-0.15, -0.1) is 0 Å². The van der Waals surface area contributed by atoms with Crippen molar-refractivity contribution in [3.05, 3.63) is 12.7 Å². The Hall–Kier alpha value is -0.910. The normalized spacial score (nSPS) is 9.13. The highest BCUT2D eigenvalue weighted by molar-refractivity contribution is 5.81. The summed E-state index contributed by atoms with van der Waals surface area (Å²) in [5.41, 5.74) is 0. The third-order valence-corrected chi connectivity index (χ3v) is 1.33. The SMILES string of the molecule is C=CC(=O)OCCCC.OCC(O)CO. The highest BCUT2D eigenvalue weighted by Crippen LogP contribution is 1.88. The molecule has 90 valence electrons. The van der Waals surface area contributed by atoms with E-state index in [2.05, 4.69) is 11.3 Å². The largest absolute Gasteiger partial charge is 0.463 e. The summed E-state index contributed by atoms with van der Waals surface area (Å²) >= 11 is 0. The second-order valence-electron chi connectivity index (χ2n) is 2.74. The van der Waals surface area contributed by atoms with Gasteiger partial charge in [-0.25, -0.2) is 4.79 Å². The van der Waals surface area contributed by atoms with Gasteiger partial charge in [0.05, 0.1) is 19.8 Å². The van der Waals surface area contributed by atoms with E-state index in [-0.39, 0.29) is 19.2 Å². The van der Waals surface area contributed by atoms with Crippen molar-refractivity contribution in [2.45, 2.75) is 25.9 Å². The number of carbonyl (C=O) groups is 1. The minimum atomic E-state index is -0.954. The molecule has 15 heavy (non-hydrogen) atoms. The van der Waals surface area contributed by atoms with Crippen LogP contribution in [0.2, 0.25) is 0 Å². The van der Waals surface area contributed by atoms with Crippen molar-refractivity contribution >= 4 is 5.97 Å². The molecule has 0 heterocycles. The highest BCUT2D eigenvalue weighted by atomic mass is 16.5. The molecule has 3 N–H and O–H groups in total. The fourth-order valence-corrected chi connectivity index (χ4v) is 0.434. The van der Waals surface area contributed by atoms with Crippen LogP contribution in [0.3, 0.4) is 0 Å². The van der Waals surface area contributed by atoms with E-state index >= 15 is 0 Å². The van der Waals surface area contributed by atoms with E-state index in [0.29, 0.717) is 6.61 Å². The molecule has 0 aliphatic carbocycles. The van der Waals surface area contributed by atoms with Crippen molar-refractivity contribution in [2.24, 2.45) is 0 Å². The quantitative estimate of drug-likeness (QED) is 0.329. The molecule has 0 bridgehead atoms. The molecule has 0 aromatic heterocycles. The zero-order chi connectivity index (χ0) is 12.1. The van der Waals surface area contributed by atoms with Crippen LogP contribution in [0.15, 0.2) is 12.7 Å². The summed E-state index contributed by atoms with van der Waals surface area (Å²) in [7, 11) is 0. The molecule has 0 aliphatic rings. The third kappa shape index (κ3) is 15.8. The van der Waals surface area contributed by atoms with Gasteiger partial charge in [0.15, 0.2) is 0 Å². The molecule has 0 rings (SSSR count). The molecule has 0 saturated carbocycles. The van der Waals surface area contributed by atoms with Gasteiger partial charge in [0.1, 0.15) is 6.10 Å². The molecule has 0 unspecified atom stereocenters. The number of ether oxygens (including phenoxy) is 1. The molecule has 0 fully saturated rings. The van der Waals surface area contributed by atoms with Gasteiger partial charge in [0.2, 0.25) is 0 Å². The van der Waals surface area contributed by atoms with Crippen LogP contribution in [0.4, 0.5) is 0 Å². The van der Waals surface area contributed by atoms with Crippen LogP contribution in [-0.4, -0.2) is 47.2 Å². The second-order valence-corrected chi connectivity index (χ2v) is 2.74. The average molecular weight is 220 g/mol. The Bertz CT molecular complexity index is 154. The lowest BCUT2D eigenvalue weighted by molar-refractivity contribution is -0.137. The first-order valence-corrected chi connectivity index (χ1v) is 4.81. The van der Waals surface area contributed by atoms with Crippen LogP contribution < -0.4 is 0 Å². The van der Waals surface area contributed by atoms with E-state index in [1.165, 1.54) is 6.08 Å². The Morgan fingerprint density at radius 2 is 2.00 bits per heavy atom. The molecule has 0 atom stereocenters. The molecule has 0 radical (unpaired) electrons. The molecule has 0 saturated heterocycles. The molecule has 0 aromatic rings. The van der Waals surface area contributed by atoms with E-state index in [9.17, 15) is 4.79 Å². The number of esters is 1. The van der Waals surface area contributed by atoms with Gasteiger partial charge in [0, 0.05) is 6.08 Å². The van der Waals surface area contributed by atoms with Gasteiger partial charge in [-0.3, -0.25) is 0 Å². The fraction of sp³-hybridized carbons (Fsp3) is 0.700. The summed E-state index contributed by atoms with van der Waals surface area (Å²) < 4.78 is 4.67. The van der Waals surface area contributed by atoms with Gasteiger partial charge in [-0.1, -0.05) is 19.9 Å². The van der Waals surface area contributed by atoms with Crippen molar-refractivity contribution in [2.75, 3.05) is 19.8 Å². The van der Waals surface area contributed by atoms with Crippen molar-refractivity contribution in [1.29, 1.82) is 0 Å². The van der Waals surface area contributed by atoms with E-state index in [0.717, 1.165) is 12.8 Å². The maximum absolute atomic E-state index is 10.3. The minimum Gasteiger partial charge on any atom is -0.463 e. The Morgan fingerprint density at radius 3 is 2.27 bits per heavy atom. The van der Waals surface area contributed by atoms with Gasteiger partial charge in [0.25, 0.3) is 0 Å². The molecule has 0 spiro atoms. The molecule has 0 aliphatic heterocycles. The van der Waals surface area contributed by atoms with E-state index in [1.807, 2.05) is 6.92 Å². The number of carbonyl (C=O) groups excluding carboxylic acids is 1. The number of rotatable bonds is 6. The molecular weight excluding hydrogens is 200 g/mol. The van der Waals surface area contributed by atoms with E-state index in [1.54, 1.807) is 0 Å². The molecule has 5 nitrogen and oxygen atoms in total. The first-order chi connectivity index (χ1) is 7.12. The van der Waals surface area contributed by atoms with Crippen LogP contribution in [0, 0.1) is 0 Å². The zero-order valence-corrected chi connectivity index (χ0v) is 9.06. The zero-order valence-electron chi connectivity index (χ0n) is 9.06. The lowest BCUT2D eigenvalue weighted by Crippen LogP contribution is -2.15. The smallest absolute Gasteiger partial charge is 0.330 e. The van der Waals surface area contributed by atoms with Gasteiger partial charge >= 0.3 is 5.97 Å². The highest BCUT2D eigenvalue weighted by Gasteiger charge is 1.93. The topological polar surface area (TPSA) is 87.0 Å². The summed E-state index contributed by atoms with van der Waals surface area (Å²) in [6.07, 6.45) is 2.20. The number of hydrogen-bond donors (Lipinski definition) is 3. The Kier molecular flexibility index (Phi) is 14.4. The lowest BCUT2D eigenvalue weighted by atomic mass is 10.4. The molecule has 5 heteroatoms. The summed E-state index contributed by atoms with van der Waals surface area (Å²) in [5, 5.41) is 24.0. The number of hydrogen-bond acceptors (Lipinski definition) is 5. The first-order valence-electron chi connectivity index (χ1n) is 4.81. The van der Waals surface area contributed by atoms with E-state index in [4.69, 9.17) is 15.3 Å². The Balaban J connectivity index is 0. The van der Waals surface area contributed by atoms with E-state index < -0.39 is 6.10 Å². The van der Waals surface area contributed by atoms with Crippen LogP contribution in [0.25, 0.3) is 0 Å². The number of unbranched alkanes of at least 4 members (excludes halogenated alkanes) is 1. The number of aliphatic hydroxyl groups excluding tert-OH is 3. The maximum Gasteiger partial charge on any atom is 0.330 e. The van der Waals surface area contributed by atoms with Gasteiger partial charge < -0.3 is 20.1 Å². The van der Waals surface area contributed by atoms with Crippen LogP contribution in [0.1, 0.15) is 19.8 Å². The molecular formula is C10H20O5. The predicted octanol–water partition coefficient (Wildman–Crippen LogP) is -0.152. The summed E-state index contributed by atoms with van der Waals surface area (Å²) in [6.45, 7) is 5.09. The fourth-order valence-electron chi connectivity index (χ4n) is 0.434. The van der Waals surface area contributed by atoms with Crippen molar-refractivity contribution in [1.82, 2.24) is 0 Å². The first kappa shape index (κ1) is 16.5. The van der Waals surface area contributed by atoms with Crippen LogP contribution in [0.5, 0.6) is 0 Å². The van der Waals surface area contributed by atoms with Crippen LogP contribution in [-0.2, 0) is 9.53 Å². The lowest BCUT2D eigenvalue weighted by Gasteiger charge is -1.97. The van der Waals surface area contributed by atoms with Crippen molar-refractivity contribution < 1.29 is 24.9 Å². The predicted molar refractivity (Wildman–Crippen MR) is 56.2 cm³/mol. The molecule has 0 aromatic carbocycles. The van der Waals surface area contributed by atoms with Crippen LogP contribution >= 0.6 is 0 Å². The van der Waals surface area contributed by atoms with Crippen molar-refractivity contribution in [3.63, 3.8) is 0 Å². The molecule has 0 amide bonds. The summed E-state index contributed by atoms with van der Waals surface area (Å²) in [4.78, 5) is 10.3. The average Bonchev–Trinajstić information content (AvgIpc) is 2.28. The van der Waals surface area contributed by atoms with Gasteiger partial charge in [-0.2, -0.15) is 0 Å². The minimum absolute atomic E-state index is 0.330. The van der Waals surface area contributed by atoms with Gasteiger partial charge in [-0.05, 0) is 6.42 Å². The maximum atomic E-state index is 10.3. The Morgan fingerprint density at radius 1 is 1.47 bits per heavy atom. The Labute approximate surface area is 90.0 Å². The second kappa shape index (κ2) is 13.1. The third-order valence-electron chi connectivity index (χ3n) is 1.33. The number of aliphatic hydroxyl groups is 3. The van der Waals surface area contributed by atoms with Crippen molar-refractivity contribution in [3.8, 4) is 0 Å². The summed E-state index contributed by atoms with van der Waals surface area (Å²) in [5.74, 6) is -0.330. The monoisotopic (exact) mass is 220 g/mol.